The Labute approximate surface area is 156 Å². The van der Waals surface area contributed by atoms with Crippen LogP contribution in [0.15, 0.2) is 66.7 Å². The van der Waals surface area contributed by atoms with Crippen LogP contribution in [0.3, 0.4) is 0 Å². The summed E-state index contributed by atoms with van der Waals surface area (Å²) in [4.78, 5) is 17.1. The molecule has 1 N–H and O–H groups in total. The largest absolute Gasteiger partial charge is 0.322 e. The van der Waals surface area contributed by atoms with Crippen LogP contribution in [0.1, 0.15) is 21.5 Å². The summed E-state index contributed by atoms with van der Waals surface area (Å²) in [6.45, 7) is 4.01. The fourth-order valence-corrected chi connectivity index (χ4v) is 3.79. The maximum Gasteiger partial charge on any atom is 0.255 e. The molecule has 128 valence electrons. The van der Waals surface area contributed by atoms with E-state index in [0.29, 0.717) is 5.56 Å². The van der Waals surface area contributed by atoms with Crippen molar-refractivity contribution in [2.75, 3.05) is 5.32 Å². The first-order valence-corrected chi connectivity index (χ1v) is 9.26. The number of rotatable bonds is 3. The Hall–Kier alpha value is -2.98. The molecule has 1 amide bonds. The van der Waals surface area contributed by atoms with E-state index in [1.807, 2.05) is 68.4 Å². The number of nitrogens with one attached hydrogen (secondary N) is 1. The van der Waals surface area contributed by atoms with Gasteiger partial charge in [-0.3, -0.25) is 4.79 Å². The van der Waals surface area contributed by atoms with Crippen molar-refractivity contribution >= 4 is 33.1 Å². The van der Waals surface area contributed by atoms with Crippen LogP contribution >= 0.6 is 11.3 Å². The molecule has 4 rings (SSSR count). The number of para-hydroxylation sites is 1. The number of fused-ring (bicyclic) bond motifs is 1. The van der Waals surface area contributed by atoms with Gasteiger partial charge in [-0.2, -0.15) is 0 Å². The molecule has 1 heterocycles. The van der Waals surface area contributed by atoms with Crippen LogP contribution in [0.25, 0.3) is 20.8 Å². The number of aromatic nitrogens is 1. The fraction of sp³-hybridized carbons (Fsp3) is 0.0909. The molecule has 1 aromatic heterocycles. The molecule has 0 aliphatic carbocycles. The second-order valence-electron chi connectivity index (χ2n) is 6.34. The number of amides is 1. The Kier molecular flexibility index (Phi) is 4.27. The Balaban J connectivity index is 1.59. The van der Waals surface area contributed by atoms with Gasteiger partial charge >= 0.3 is 0 Å². The summed E-state index contributed by atoms with van der Waals surface area (Å²) >= 11 is 1.68. The molecule has 0 unspecified atom stereocenters. The van der Waals surface area contributed by atoms with Crippen LogP contribution in [0.4, 0.5) is 5.69 Å². The highest BCUT2D eigenvalue weighted by molar-refractivity contribution is 7.21. The number of nitrogens with zero attached hydrogens (tertiary/aromatic N) is 1. The number of hydrogen-bond acceptors (Lipinski definition) is 3. The number of anilines is 1. The maximum absolute atomic E-state index is 12.4. The standard InChI is InChI=1S/C22H18N2OS/c1-14-7-9-16(10-8-14)21(25)23-18-12-11-17(13-15(18)2)22-24-19-5-3-4-6-20(19)26-22/h3-13H,1-2H3,(H,23,25). The molecule has 0 fully saturated rings. The summed E-state index contributed by atoms with van der Waals surface area (Å²) in [6.07, 6.45) is 0. The number of thiazole rings is 1. The minimum Gasteiger partial charge on any atom is -0.322 e. The van der Waals surface area contributed by atoms with Crippen LogP contribution in [-0.4, -0.2) is 10.9 Å². The Bertz CT molecular complexity index is 1060. The van der Waals surface area contributed by atoms with E-state index in [1.54, 1.807) is 11.3 Å². The Morgan fingerprint density at radius 2 is 1.73 bits per heavy atom. The highest BCUT2D eigenvalue weighted by Gasteiger charge is 2.10. The number of aryl methyl sites for hydroxylation is 2. The van der Waals surface area contributed by atoms with E-state index in [1.165, 1.54) is 4.70 Å². The predicted molar refractivity (Wildman–Crippen MR) is 109 cm³/mol. The normalized spacial score (nSPS) is 10.8. The van der Waals surface area contributed by atoms with E-state index < -0.39 is 0 Å². The van der Waals surface area contributed by atoms with Gasteiger partial charge < -0.3 is 5.32 Å². The summed E-state index contributed by atoms with van der Waals surface area (Å²) in [7, 11) is 0. The molecule has 0 saturated carbocycles. The van der Waals surface area contributed by atoms with Crippen LogP contribution in [0, 0.1) is 13.8 Å². The van der Waals surface area contributed by atoms with Gasteiger partial charge in [0.1, 0.15) is 5.01 Å². The zero-order chi connectivity index (χ0) is 18.1. The molecule has 3 aromatic carbocycles. The van der Waals surface area contributed by atoms with Gasteiger partial charge in [-0.1, -0.05) is 29.8 Å². The predicted octanol–water partition coefficient (Wildman–Crippen LogP) is 5.83. The summed E-state index contributed by atoms with van der Waals surface area (Å²) < 4.78 is 1.18. The van der Waals surface area contributed by atoms with Crippen molar-refractivity contribution in [1.29, 1.82) is 0 Å². The van der Waals surface area contributed by atoms with Gasteiger partial charge in [0.2, 0.25) is 0 Å². The molecule has 0 aliphatic rings. The van der Waals surface area contributed by atoms with Gasteiger partial charge in [0, 0.05) is 16.8 Å². The minimum atomic E-state index is -0.0964. The number of carbonyl (C=O) groups is 1. The topological polar surface area (TPSA) is 42.0 Å². The first-order valence-electron chi connectivity index (χ1n) is 8.45. The summed E-state index contributed by atoms with van der Waals surface area (Å²) in [5.41, 5.74) is 5.71. The molecule has 3 nitrogen and oxygen atoms in total. The second-order valence-corrected chi connectivity index (χ2v) is 7.37. The zero-order valence-corrected chi connectivity index (χ0v) is 15.4. The smallest absolute Gasteiger partial charge is 0.255 e. The van der Waals surface area contributed by atoms with Crippen molar-refractivity contribution in [2.24, 2.45) is 0 Å². The Morgan fingerprint density at radius 3 is 2.46 bits per heavy atom. The lowest BCUT2D eigenvalue weighted by Gasteiger charge is -2.10. The highest BCUT2D eigenvalue weighted by Crippen LogP contribution is 2.32. The van der Waals surface area contributed by atoms with Gasteiger partial charge in [0.05, 0.1) is 10.2 Å². The maximum atomic E-state index is 12.4. The van der Waals surface area contributed by atoms with E-state index in [9.17, 15) is 4.79 Å². The average molecular weight is 358 g/mol. The average Bonchev–Trinajstić information content (AvgIpc) is 3.08. The summed E-state index contributed by atoms with van der Waals surface area (Å²) in [6, 6.07) is 21.7. The van der Waals surface area contributed by atoms with Gasteiger partial charge in [0.15, 0.2) is 0 Å². The third-order valence-corrected chi connectivity index (χ3v) is 5.41. The molecule has 0 saturated heterocycles. The van der Waals surface area contributed by atoms with E-state index in [-0.39, 0.29) is 5.91 Å². The third-order valence-electron chi connectivity index (χ3n) is 4.33. The van der Waals surface area contributed by atoms with E-state index >= 15 is 0 Å². The van der Waals surface area contributed by atoms with Crippen molar-refractivity contribution in [3.05, 3.63) is 83.4 Å². The first kappa shape index (κ1) is 16.5. The van der Waals surface area contributed by atoms with E-state index in [0.717, 1.165) is 32.9 Å². The molecular formula is C22H18N2OS. The lowest BCUT2D eigenvalue weighted by molar-refractivity contribution is 0.102. The molecule has 4 heteroatoms. The van der Waals surface area contributed by atoms with Crippen molar-refractivity contribution in [3.8, 4) is 10.6 Å². The van der Waals surface area contributed by atoms with Gasteiger partial charge in [0.25, 0.3) is 5.91 Å². The second kappa shape index (κ2) is 6.73. The molecule has 26 heavy (non-hydrogen) atoms. The molecular weight excluding hydrogens is 340 g/mol. The summed E-state index contributed by atoms with van der Waals surface area (Å²) in [5, 5.41) is 3.99. The quantitative estimate of drug-likeness (QED) is 0.500. The van der Waals surface area contributed by atoms with Crippen molar-refractivity contribution in [2.45, 2.75) is 13.8 Å². The van der Waals surface area contributed by atoms with Crippen molar-refractivity contribution in [1.82, 2.24) is 4.98 Å². The lowest BCUT2D eigenvalue weighted by atomic mass is 10.1. The first-order chi connectivity index (χ1) is 12.6. The van der Waals surface area contributed by atoms with Crippen LogP contribution < -0.4 is 5.32 Å². The highest BCUT2D eigenvalue weighted by atomic mass is 32.1. The number of hydrogen-bond donors (Lipinski definition) is 1. The third kappa shape index (κ3) is 3.24. The van der Waals surface area contributed by atoms with Crippen molar-refractivity contribution < 1.29 is 4.79 Å². The van der Waals surface area contributed by atoms with Crippen LogP contribution in [0.5, 0.6) is 0 Å². The minimum absolute atomic E-state index is 0.0964. The van der Waals surface area contributed by atoms with Crippen LogP contribution in [0.2, 0.25) is 0 Å². The van der Waals surface area contributed by atoms with Gasteiger partial charge in [-0.15, -0.1) is 11.3 Å². The molecule has 0 bridgehead atoms. The zero-order valence-electron chi connectivity index (χ0n) is 14.6. The SMILES string of the molecule is Cc1ccc(C(=O)Nc2ccc(-c3nc4ccccc4s3)cc2C)cc1. The van der Waals surface area contributed by atoms with Crippen molar-refractivity contribution in [3.63, 3.8) is 0 Å². The number of carbonyl (C=O) groups excluding carboxylic acids is 1. The van der Waals surface area contributed by atoms with E-state index in [4.69, 9.17) is 4.98 Å². The molecule has 0 atom stereocenters. The Morgan fingerprint density at radius 1 is 0.962 bits per heavy atom. The van der Waals surface area contributed by atoms with Gasteiger partial charge in [-0.25, -0.2) is 4.98 Å². The lowest BCUT2D eigenvalue weighted by Crippen LogP contribution is -2.12. The monoisotopic (exact) mass is 358 g/mol. The van der Waals surface area contributed by atoms with Gasteiger partial charge in [-0.05, 0) is 61.9 Å². The molecule has 0 radical (unpaired) electrons. The molecule has 4 aromatic rings. The van der Waals surface area contributed by atoms with Crippen LogP contribution in [-0.2, 0) is 0 Å². The molecule has 0 spiro atoms. The number of benzene rings is 3. The van der Waals surface area contributed by atoms with E-state index in [2.05, 4.69) is 17.4 Å². The summed E-state index contributed by atoms with van der Waals surface area (Å²) in [5.74, 6) is -0.0964. The fourth-order valence-electron chi connectivity index (χ4n) is 2.83. The molecule has 0 aliphatic heterocycles.